The zero-order chi connectivity index (χ0) is 20.7. The Hall–Kier alpha value is -3.39. The van der Waals surface area contributed by atoms with Gasteiger partial charge < -0.3 is 5.11 Å². The first-order valence-electron chi connectivity index (χ1n) is 8.44. The predicted octanol–water partition coefficient (Wildman–Crippen LogP) is 4.79. The van der Waals surface area contributed by atoms with Crippen LogP contribution in [0, 0.1) is 17.5 Å². The first-order valence-corrected chi connectivity index (χ1v) is 9.32. The van der Waals surface area contributed by atoms with Gasteiger partial charge in [0.05, 0.1) is 11.3 Å². The number of carbonyl (C=O) groups is 2. The highest BCUT2D eigenvalue weighted by molar-refractivity contribution is 7.10. The molecule has 1 atom stereocenters. The van der Waals surface area contributed by atoms with Crippen LogP contribution < -0.4 is 4.90 Å². The van der Waals surface area contributed by atoms with E-state index in [0.717, 1.165) is 35.2 Å². The molecule has 1 aliphatic rings. The molecule has 0 saturated carbocycles. The lowest BCUT2D eigenvalue weighted by molar-refractivity contribution is -0.132. The molecule has 8 heteroatoms. The number of hydrogen-bond donors (Lipinski definition) is 1. The number of rotatable bonds is 3. The second-order valence-electron chi connectivity index (χ2n) is 6.29. The Labute approximate surface area is 167 Å². The number of hydrogen-bond acceptors (Lipinski definition) is 4. The first-order chi connectivity index (χ1) is 13.9. The van der Waals surface area contributed by atoms with E-state index < -0.39 is 46.6 Å². The van der Waals surface area contributed by atoms with E-state index in [-0.39, 0.29) is 11.1 Å². The van der Waals surface area contributed by atoms with Crippen molar-refractivity contribution in [2.45, 2.75) is 6.04 Å². The highest BCUT2D eigenvalue weighted by atomic mass is 32.1. The predicted molar refractivity (Wildman–Crippen MR) is 102 cm³/mol. The van der Waals surface area contributed by atoms with Crippen molar-refractivity contribution in [1.82, 2.24) is 0 Å². The quantitative estimate of drug-likeness (QED) is 0.380. The molecule has 1 unspecified atom stereocenters. The van der Waals surface area contributed by atoms with E-state index in [4.69, 9.17) is 0 Å². The number of Topliss-reactive ketones (excluding diaryl/α,β-unsaturated/α-hetero) is 1. The van der Waals surface area contributed by atoms with Gasteiger partial charge in [-0.15, -0.1) is 11.3 Å². The maximum atomic E-state index is 14.4. The summed E-state index contributed by atoms with van der Waals surface area (Å²) in [4.78, 5) is 26.8. The summed E-state index contributed by atoms with van der Waals surface area (Å²) in [6.07, 6.45) is 0. The van der Waals surface area contributed by atoms with Crippen molar-refractivity contribution in [2.75, 3.05) is 4.90 Å². The highest BCUT2D eigenvalue weighted by Gasteiger charge is 2.48. The molecule has 2 heterocycles. The van der Waals surface area contributed by atoms with Crippen LogP contribution in [-0.2, 0) is 9.59 Å². The third-order valence-corrected chi connectivity index (χ3v) is 5.47. The van der Waals surface area contributed by atoms with E-state index in [0.29, 0.717) is 4.88 Å². The van der Waals surface area contributed by atoms with Crippen LogP contribution in [0.1, 0.15) is 16.5 Å². The summed E-state index contributed by atoms with van der Waals surface area (Å²) in [5, 5.41) is 12.4. The molecule has 1 N–H and O–H groups in total. The summed E-state index contributed by atoms with van der Waals surface area (Å²) >= 11 is 1.18. The SMILES string of the molecule is O=C1C(=O)N(c2cc(F)ccc2F)C(c2cccs2)/C1=C(/O)c1ccc(F)cc1. The average Bonchev–Trinajstić information content (AvgIpc) is 3.31. The Kier molecular flexibility index (Phi) is 4.71. The molecular weight excluding hydrogens is 403 g/mol. The van der Waals surface area contributed by atoms with Crippen LogP contribution in [0.25, 0.3) is 5.76 Å². The van der Waals surface area contributed by atoms with Crippen LogP contribution in [0.3, 0.4) is 0 Å². The molecule has 0 spiro atoms. The second-order valence-corrected chi connectivity index (χ2v) is 7.27. The average molecular weight is 415 g/mol. The van der Waals surface area contributed by atoms with Crippen molar-refractivity contribution in [3.63, 3.8) is 0 Å². The van der Waals surface area contributed by atoms with Gasteiger partial charge >= 0.3 is 0 Å². The van der Waals surface area contributed by atoms with E-state index >= 15 is 0 Å². The molecule has 1 aromatic heterocycles. The van der Waals surface area contributed by atoms with Crippen molar-refractivity contribution in [3.05, 3.63) is 93.4 Å². The molecule has 4 nitrogen and oxygen atoms in total. The highest BCUT2D eigenvalue weighted by Crippen LogP contribution is 2.44. The smallest absolute Gasteiger partial charge is 0.300 e. The van der Waals surface area contributed by atoms with E-state index in [2.05, 4.69) is 0 Å². The minimum Gasteiger partial charge on any atom is -0.507 e. The number of nitrogens with zero attached hydrogens (tertiary/aromatic N) is 1. The minimum atomic E-state index is -1.16. The van der Waals surface area contributed by atoms with E-state index in [1.165, 1.54) is 23.5 Å². The number of halogens is 3. The van der Waals surface area contributed by atoms with Crippen LogP contribution in [-0.4, -0.2) is 16.8 Å². The maximum absolute atomic E-state index is 14.4. The summed E-state index contributed by atoms with van der Waals surface area (Å²) in [5.74, 6) is -4.89. The summed E-state index contributed by atoms with van der Waals surface area (Å²) in [5.41, 5.74) is -0.581. The minimum absolute atomic E-state index is 0.116. The molecule has 146 valence electrons. The fourth-order valence-electron chi connectivity index (χ4n) is 3.23. The van der Waals surface area contributed by atoms with E-state index in [9.17, 15) is 27.9 Å². The normalized spacial score (nSPS) is 18.4. The third-order valence-electron chi connectivity index (χ3n) is 4.54. The van der Waals surface area contributed by atoms with Crippen molar-refractivity contribution < 1.29 is 27.9 Å². The van der Waals surface area contributed by atoms with Crippen LogP contribution in [0.2, 0.25) is 0 Å². The molecule has 3 aromatic rings. The summed E-state index contributed by atoms with van der Waals surface area (Å²) in [6, 6.07) is 9.40. The molecule has 4 rings (SSSR count). The molecule has 1 amide bonds. The summed E-state index contributed by atoms with van der Waals surface area (Å²) in [6.45, 7) is 0. The lowest BCUT2D eigenvalue weighted by atomic mass is 9.99. The Morgan fingerprint density at radius 1 is 0.966 bits per heavy atom. The van der Waals surface area contributed by atoms with Crippen molar-refractivity contribution in [1.29, 1.82) is 0 Å². The van der Waals surface area contributed by atoms with E-state index in [1.807, 2.05) is 0 Å². The maximum Gasteiger partial charge on any atom is 0.300 e. The number of ketones is 1. The van der Waals surface area contributed by atoms with Crippen LogP contribution in [0.15, 0.2) is 65.6 Å². The summed E-state index contributed by atoms with van der Waals surface area (Å²) < 4.78 is 41.4. The molecule has 2 aromatic carbocycles. The van der Waals surface area contributed by atoms with Gasteiger partial charge in [-0.1, -0.05) is 6.07 Å². The third kappa shape index (κ3) is 3.21. The van der Waals surface area contributed by atoms with Crippen molar-refractivity contribution >= 4 is 34.5 Å². The van der Waals surface area contributed by atoms with Gasteiger partial charge in [0.2, 0.25) is 0 Å². The zero-order valence-corrected chi connectivity index (χ0v) is 15.4. The monoisotopic (exact) mass is 415 g/mol. The zero-order valence-electron chi connectivity index (χ0n) is 14.6. The number of aliphatic hydroxyl groups is 1. The molecule has 29 heavy (non-hydrogen) atoms. The fraction of sp³-hybridized carbons (Fsp3) is 0.0476. The topological polar surface area (TPSA) is 57.6 Å². The number of amides is 1. The Morgan fingerprint density at radius 3 is 2.31 bits per heavy atom. The molecule has 1 saturated heterocycles. The van der Waals surface area contributed by atoms with Crippen LogP contribution in [0.4, 0.5) is 18.9 Å². The summed E-state index contributed by atoms with van der Waals surface area (Å²) in [7, 11) is 0. The van der Waals surface area contributed by atoms with Gasteiger partial charge in [0.15, 0.2) is 0 Å². The van der Waals surface area contributed by atoms with Gasteiger partial charge in [0.25, 0.3) is 11.7 Å². The molecule has 1 aliphatic heterocycles. The van der Waals surface area contributed by atoms with Gasteiger partial charge in [-0.2, -0.15) is 0 Å². The Balaban J connectivity index is 1.95. The van der Waals surface area contributed by atoms with Crippen LogP contribution in [0.5, 0.6) is 0 Å². The second kappa shape index (κ2) is 7.21. The molecule has 0 radical (unpaired) electrons. The lowest BCUT2D eigenvalue weighted by Crippen LogP contribution is -2.30. The molecular formula is C21H12F3NO3S. The standard InChI is InChI=1S/C21H12F3NO3S/c22-12-5-3-11(4-6-12)19(26)17-18(16-2-1-9-29-16)25(21(28)20(17)27)15-10-13(23)7-8-14(15)24/h1-10,18,26H/b19-17-. The van der Waals surface area contributed by atoms with Gasteiger partial charge in [-0.05, 0) is 47.8 Å². The largest absolute Gasteiger partial charge is 0.507 e. The number of carbonyl (C=O) groups excluding carboxylic acids is 2. The van der Waals surface area contributed by atoms with Gasteiger partial charge in [-0.3, -0.25) is 14.5 Å². The Morgan fingerprint density at radius 2 is 1.66 bits per heavy atom. The van der Waals surface area contributed by atoms with Gasteiger partial charge in [-0.25, -0.2) is 13.2 Å². The van der Waals surface area contributed by atoms with Gasteiger partial charge in [0, 0.05) is 16.5 Å². The van der Waals surface area contributed by atoms with Gasteiger partial charge in [0.1, 0.15) is 29.3 Å². The fourth-order valence-corrected chi connectivity index (χ4v) is 4.05. The van der Waals surface area contributed by atoms with E-state index in [1.54, 1.807) is 17.5 Å². The number of aliphatic hydroxyl groups excluding tert-OH is 1. The number of thiophene rings is 1. The lowest BCUT2D eigenvalue weighted by Gasteiger charge is -2.24. The Bertz CT molecular complexity index is 1140. The van der Waals surface area contributed by atoms with Crippen molar-refractivity contribution in [3.8, 4) is 0 Å². The molecule has 0 bridgehead atoms. The van der Waals surface area contributed by atoms with Crippen molar-refractivity contribution in [2.24, 2.45) is 0 Å². The molecule has 1 fully saturated rings. The molecule has 0 aliphatic carbocycles. The number of anilines is 1. The number of benzene rings is 2. The van der Waals surface area contributed by atoms with Crippen LogP contribution >= 0.6 is 11.3 Å². The first kappa shape index (κ1) is 18.9.